The highest BCUT2D eigenvalue weighted by molar-refractivity contribution is 5.77. The van der Waals surface area contributed by atoms with Gasteiger partial charge in [0.15, 0.2) is 6.61 Å². The molecule has 1 aromatic rings. The summed E-state index contributed by atoms with van der Waals surface area (Å²) in [5.74, 6) is -5.69. The third kappa shape index (κ3) is 3.24. The molecule has 104 valence electrons. The van der Waals surface area contributed by atoms with Crippen molar-refractivity contribution in [2.24, 2.45) is 5.92 Å². The predicted molar refractivity (Wildman–Crippen MR) is 59.2 cm³/mol. The van der Waals surface area contributed by atoms with Crippen molar-refractivity contribution in [3.8, 4) is 0 Å². The van der Waals surface area contributed by atoms with Crippen LogP contribution < -0.4 is 0 Å². The van der Waals surface area contributed by atoms with E-state index in [1.54, 1.807) is 12.1 Å². The second kappa shape index (κ2) is 5.19. The maximum Gasteiger partial charge on any atom is 0.340 e. The molecule has 0 radical (unpaired) electrons. The molecule has 0 bridgehead atoms. The Morgan fingerprint density at radius 2 is 1.95 bits per heavy atom. The van der Waals surface area contributed by atoms with Crippen molar-refractivity contribution in [2.75, 3.05) is 6.61 Å². The highest BCUT2D eigenvalue weighted by atomic mass is 19.3. The number of hydrogen-bond acceptors (Lipinski definition) is 2. The van der Waals surface area contributed by atoms with Crippen molar-refractivity contribution in [1.29, 1.82) is 0 Å². The quantitative estimate of drug-likeness (QED) is 0.609. The lowest BCUT2D eigenvalue weighted by molar-refractivity contribution is -0.180. The summed E-state index contributed by atoms with van der Waals surface area (Å²) in [7, 11) is 0. The molecule has 0 aliphatic heterocycles. The fraction of sp³-hybridized carbons (Fsp3) is 0.462. The minimum Gasteiger partial charge on any atom is -0.459 e. The Kier molecular flexibility index (Phi) is 3.78. The van der Waals surface area contributed by atoms with Crippen LogP contribution in [0.3, 0.4) is 0 Å². The van der Waals surface area contributed by atoms with Crippen LogP contribution >= 0.6 is 0 Å². The number of benzene rings is 1. The summed E-state index contributed by atoms with van der Waals surface area (Å²) in [6.45, 7) is -1.57. The van der Waals surface area contributed by atoms with Gasteiger partial charge >= 0.3 is 18.3 Å². The molecule has 1 fully saturated rings. The first-order valence-electron chi connectivity index (χ1n) is 5.79. The first kappa shape index (κ1) is 13.8. The van der Waals surface area contributed by atoms with Gasteiger partial charge < -0.3 is 4.74 Å². The number of hydrogen-bond donors (Lipinski definition) is 0. The van der Waals surface area contributed by atoms with E-state index in [1.165, 1.54) is 0 Å². The number of carbonyl (C=O) groups is 1. The molecule has 2 rings (SSSR count). The molecule has 0 amide bonds. The van der Waals surface area contributed by atoms with Crippen LogP contribution in [-0.4, -0.2) is 24.9 Å². The fourth-order valence-electron chi connectivity index (χ4n) is 1.86. The van der Waals surface area contributed by atoms with Crippen molar-refractivity contribution < 1.29 is 27.1 Å². The van der Waals surface area contributed by atoms with Gasteiger partial charge in [-0.05, 0) is 17.9 Å². The predicted octanol–water partition coefficient (Wildman–Crippen LogP) is 3.23. The maximum atomic E-state index is 12.6. The van der Waals surface area contributed by atoms with Gasteiger partial charge in [0.1, 0.15) is 0 Å². The minimum absolute atomic E-state index is 0.0612. The SMILES string of the molecule is O=C(OCC(F)(F)C(F)F)C1CC1c1ccccc1. The lowest BCUT2D eigenvalue weighted by atomic mass is 10.1. The summed E-state index contributed by atoms with van der Waals surface area (Å²) >= 11 is 0. The number of rotatable bonds is 5. The smallest absolute Gasteiger partial charge is 0.340 e. The Morgan fingerprint density at radius 3 is 2.53 bits per heavy atom. The second-order valence-corrected chi connectivity index (χ2v) is 4.53. The number of carbonyl (C=O) groups excluding carboxylic acids is 1. The first-order valence-corrected chi connectivity index (χ1v) is 5.79. The number of esters is 1. The molecule has 2 nitrogen and oxygen atoms in total. The van der Waals surface area contributed by atoms with Gasteiger partial charge in [0, 0.05) is 0 Å². The molecule has 1 saturated carbocycles. The van der Waals surface area contributed by atoms with Crippen LogP contribution in [0.25, 0.3) is 0 Å². The Labute approximate surface area is 107 Å². The molecule has 0 saturated heterocycles. The number of ether oxygens (including phenoxy) is 1. The lowest BCUT2D eigenvalue weighted by Crippen LogP contribution is -2.33. The van der Waals surface area contributed by atoms with Crippen LogP contribution in [0.2, 0.25) is 0 Å². The normalized spacial score (nSPS) is 22.4. The van der Waals surface area contributed by atoms with Crippen molar-refractivity contribution in [1.82, 2.24) is 0 Å². The van der Waals surface area contributed by atoms with Crippen molar-refractivity contribution >= 4 is 5.97 Å². The summed E-state index contributed by atoms with van der Waals surface area (Å²) in [6, 6.07) is 9.09. The van der Waals surface area contributed by atoms with E-state index in [2.05, 4.69) is 4.74 Å². The molecule has 19 heavy (non-hydrogen) atoms. The molecule has 1 aromatic carbocycles. The fourth-order valence-corrected chi connectivity index (χ4v) is 1.86. The van der Waals surface area contributed by atoms with Gasteiger partial charge in [0.05, 0.1) is 5.92 Å². The molecule has 0 aromatic heterocycles. The third-order valence-corrected chi connectivity index (χ3v) is 3.05. The van der Waals surface area contributed by atoms with Crippen LogP contribution in [-0.2, 0) is 9.53 Å². The van der Waals surface area contributed by atoms with Crippen LogP contribution in [0.1, 0.15) is 17.9 Å². The van der Waals surface area contributed by atoms with Gasteiger partial charge in [-0.15, -0.1) is 0 Å². The standard InChI is InChI=1S/C13H12F4O2/c14-12(15)13(16,17)7-19-11(18)10-6-9(10)8-4-2-1-3-5-8/h1-5,9-10,12H,6-7H2. The highest BCUT2D eigenvalue weighted by Gasteiger charge is 2.47. The highest BCUT2D eigenvalue weighted by Crippen LogP contribution is 2.48. The molecular weight excluding hydrogens is 264 g/mol. The van der Waals surface area contributed by atoms with E-state index >= 15 is 0 Å². The maximum absolute atomic E-state index is 12.6. The molecule has 0 N–H and O–H groups in total. The molecule has 2 atom stereocenters. The van der Waals surface area contributed by atoms with E-state index in [4.69, 9.17) is 0 Å². The second-order valence-electron chi connectivity index (χ2n) is 4.53. The molecule has 1 aliphatic carbocycles. The summed E-state index contributed by atoms with van der Waals surface area (Å²) in [5, 5.41) is 0. The van der Waals surface area contributed by atoms with Crippen LogP contribution in [0, 0.1) is 5.92 Å². The Balaban J connectivity index is 1.84. The van der Waals surface area contributed by atoms with E-state index < -0.39 is 30.8 Å². The lowest BCUT2D eigenvalue weighted by Gasteiger charge is -2.14. The molecule has 0 heterocycles. The van der Waals surface area contributed by atoms with E-state index in [1.807, 2.05) is 18.2 Å². The van der Waals surface area contributed by atoms with E-state index in [0.29, 0.717) is 6.42 Å². The monoisotopic (exact) mass is 276 g/mol. The summed E-state index contributed by atoms with van der Waals surface area (Å²) in [4.78, 5) is 11.5. The Hall–Kier alpha value is -1.59. The topological polar surface area (TPSA) is 26.3 Å². The van der Waals surface area contributed by atoms with Gasteiger partial charge in [-0.1, -0.05) is 30.3 Å². The van der Waals surface area contributed by atoms with Crippen LogP contribution in [0.5, 0.6) is 0 Å². The minimum atomic E-state index is -4.28. The molecule has 2 unspecified atom stereocenters. The number of halogens is 4. The summed E-state index contributed by atoms with van der Waals surface area (Å²) in [5.41, 5.74) is 0.921. The van der Waals surface area contributed by atoms with E-state index in [0.717, 1.165) is 5.56 Å². The average molecular weight is 276 g/mol. The van der Waals surface area contributed by atoms with Crippen molar-refractivity contribution in [3.05, 3.63) is 35.9 Å². The van der Waals surface area contributed by atoms with Gasteiger partial charge in [-0.25, -0.2) is 8.78 Å². The van der Waals surface area contributed by atoms with Crippen LogP contribution in [0.15, 0.2) is 30.3 Å². The third-order valence-electron chi connectivity index (χ3n) is 3.05. The summed E-state index contributed by atoms with van der Waals surface area (Å²) < 4.78 is 53.2. The molecule has 6 heteroatoms. The zero-order valence-electron chi connectivity index (χ0n) is 9.86. The molecule has 0 spiro atoms. The largest absolute Gasteiger partial charge is 0.459 e. The molecule has 1 aliphatic rings. The van der Waals surface area contributed by atoms with Crippen molar-refractivity contribution in [3.63, 3.8) is 0 Å². The zero-order valence-corrected chi connectivity index (χ0v) is 9.86. The first-order chi connectivity index (χ1) is 8.92. The van der Waals surface area contributed by atoms with E-state index in [9.17, 15) is 22.4 Å². The van der Waals surface area contributed by atoms with Gasteiger partial charge in [0.25, 0.3) is 0 Å². The summed E-state index contributed by atoms with van der Waals surface area (Å²) in [6.07, 6.45) is -3.33. The number of alkyl halides is 4. The van der Waals surface area contributed by atoms with Gasteiger partial charge in [-0.2, -0.15) is 8.78 Å². The van der Waals surface area contributed by atoms with Crippen molar-refractivity contribution in [2.45, 2.75) is 24.7 Å². The zero-order chi connectivity index (χ0) is 14.0. The average Bonchev–Trinajstić information content (AvgIpc) is 3.17. The Morgan fingerprint density at radius 1 is 1.32 bits per heavy atom. The van der Waals surface area contributed by atoms with E-state index in [-0.39, 0.29) is 5.92 Å². The Bertz CT molecular complexity index is 447. The van der Waals surface area contributed by atoms with Gasteiger partial charge in [0.2, 0.25) is 0 Å². The van der Waals surface area contributed by atoms with Gasteiger partial charge in [-0.3, -0.25) is 4.79 Å². The van der Waals surface area contributed by atoms with Crippen LogP contribution in [0.4, 0.5) is 17.6 Å². The molecular formula is C13H12F4O2.